The maximum Gasteiger partial charge on any atom is 0.0949 e. The maximum absolute atomic E-state index is 4.54. The van der Waals surface area contributed by atoms with Crippen LogP contribution in [0.5, 0.6) is 0 Å². The van der Waals surface area contributed by atoms with Gasteiger partial charge in [0.2, 0.25) is 0 Å². The fourth-order valence-corrected chi connectivity index (χ4v) is 2.73. The Bertz CT molecular complexity index is 352. The third-order valence-corrected chi connectivity index (χ3v) is 3.37. The molecule has 0 spiro atoms. The summed E-state index contributed by atoms with van der Waals surface area (Å²) in [5, 5.41) is 3.28. The highest BCUT2D eigenvalue weighted by Crippen LogP contribution is 2.40. The van der Waals surface area contributed by atoms with E-state index in [0.717, 1.165) is 13.0 Å². The Morgan fingerprint density at radius 3 is 3.00 bits per heavy atom. The number of nitrogens with one attached hydrogen (secondary N) is 1. The predicted octanol–water partition coefficient (Wildman–Crippen LogP) is 1.70. The molecule has 84 valence electrons. The summed E-state index contributed by atoms with van der Waals surface area (Å²) < 4.78 is 2.18. The van der Waals surface area contributed by atoms with E-state index in [2.05, 4.69) is 35.8 Å². The van der Waals surface area contributed by atoms with Crippen molar-refractivity contribution < 1.29 is 0 Å². The molecule has 0 aromatic carbocycles. The molecule has 1 aliphatic carbocycles. The van der Waals surface area contributed by atoms with Crippen molar-refractivity contribution in [3.05, 3.63) is 17.7 Å². The Morgan fingerprint density at radius 2 is 2.33 bits per heavy atom. The summed E-state index contributed by atoms with van der Waals surface area (Å²) in [5.41, 5.74) is 3.14. The van der Waals surface area contributed by atoms with E-state index in [1.165, 1.54) is 17.8 Å². The van der Waals surface area contributed by atoms with Gasteiger partial charge in [-0.1, -0.05) is 13.8 Å². The highest BCUT2D eigenvalue weighted by Gasteiger charge is 2.34. The number of hydrogen-bond acceptors (Lipinski definition) is 2. The van der Waals surface area contributed by atoms with E-state index in [-0.39, 0.29) is 0 Å². The minimum atomic E-state index is 0.405. The van der Waals surface area contributed by atoms with Crippen molar-refractivity contribution in [2.45, 2.75) is 32.6 Å². The Balaban J connectivity index is 2.35. The van der Waals surface area contributed by atoms with E-state index in [0.29, 0.717) is 11.3 Å². The van der Waals surface area contributed by atoms with Crippen LogP contribution in [0.25, 0.3) is 0 Å². The van der Waals surface area contributed by atoms with Crippen molar-refractivity contribution in [1.82, 2.24) is 14.9 Å². The van der Waals surface area contributed by atoms with Crippen molar-refractivity contribution in [2.75, 3.05) is 13.6 Å². The summed E-state index contributed by atoms with van der Waals surface area (Å²) in [7, 11) is 4.12. The molecule has 1 aromatic heterocycles. The Hall–Kier alpha value is -0.830. The summed E-state index contributed by atoms with van der Waals surface area (Å²) in [6.07, 6.45) is 4.34. The minimum Gasteiger partial charge on any atom is -0.337 e. The fraction of sp³-hybridized carbons (Fsp3) is 0.750. The van der Waals surface area contributed by atoms with Gasteiger partial charge in [0, 0.05) is 25.2 Å². The molecule has 15 heavy (non-hydrogen) atoms. The van der Waals surface area contributed by atoms with Gasteiger partial charge < -0.3 is 9.88 Å². The number of nitrogens with zero attached hydrogens (tertiary/aromatic N) is 2. The van der Waals surface area contributed by atoms with Crippen LogP contribution in [0.2, 0.25) is 0 Å². The Morgan fingerprint density at radius 1 is 1.60 bits per heavy atom. The summed E-state index contributed by atoms with van der Waals surface area (Å²) in [4.78, 5) is 4.54. The number of hydrogen-bond donors (Lipinski definition) is 1. The predicted molar refractivity (Wildman–Crippen MR) is 62.0 cm³/mol. The second kappa shape index (κ2) is 3.63. The number of fused-ring (bicyclic) bond motifs is 1. The average Bonchev–Trinajstić information content (AvgIpc) is 2.47. The van der Waals surface area contributed by atoms with Crippen molar-refractivity contribution in [3.8, 4) is 0 Å². The zero-order valence-electron chi connectivity index (χ0n) is 10.2. The molecule has 0 bridgehead atoms. The molecule has 1 aromatic rings. The summed E-state index contributed by atoms with van der Waals surface area (Å²) >= 11 is 0. The minimum absolute atomic E-state index is 0.405. The average molecular weight is 207 g/mol. The highest BCUT2D eigenvalue weighted by atomic mass is 15.0. The van der Waals surface area contributed by atoms with Crippen molar-refractivity contribution in [3.63, 3.8) is 0 Å². The molecule has 1 heterocycles. The van der Waals surface area contributed by atoms with Crippen LogP contribution in [-0.4, -0.2) is 23.1 Å². The molecular formula is C12H21N3. The highest BCUT2D eigenvalue weighted by molar-refractivity contribution is 5.24. The standard InChI is InChI=1S/C12H21N3/c1-12(2)5-9(7-13-3)11-10(6-12)15(4)8-14-11/h8-9,13H,5-7H2,1-4H3. The van der Waals surface area contributed by atoms with E-state index >= 15 is 0 Å². The van der Waals surface area contributed by atoms with Crippen LogP contribution in [0.4, 0.5) is 0 Å². The largest absolute Gasteiger partial charge is 0.337 e. The van der Waals surface area contributed by atoms with E-state index in [1.54, 1.807) is 0 Å². The number of imidazole rings is 1. The zero-order chi connectivity index (χ0) is 11.1. The van der Waals surface area contributed by atoms with Crippen LogP contribution in [0.1, 0.15) is 37.6 Å². The van der Waals surface area contributed by atoms with Crippen LogP contribution < -0.4 is 5.32 Å². The van der Waals surface area contributed by atoms with E-state index in [4.69, 9.17) is 0 Å². The lowest BCUT2D eigenvalue weighted by Crippen LogP contribution is -2.31. The molecule has 0 aliphatic heterocycles. The molecule has 0 saturated carbocycles. The number of aryl methyl sites for hydroxylation is 1. The van der Waals surface area contributed by atoms with Gasteiger partial charge in [-0.05, 0) is 25.3 Å². The van der Waals surface area contributed by atoms with Gasteiger partial charge in [-0.15, -0.1) is 0 Å². The fourth-order valence-electron chi connectivity index (χ4n) is 2.73. The van der Waals surface area contributed by atoms with Gasteiger partial charge in [-0.2, -0.15) is 0 Å². The monoisotopic (exact) mass is 207 g/mol. The van der Waals surface area contributed by atoms with Crippen LogP contribution in [0.15, 0.2) is 6.33 Å². The van der Waals surface area contributed by atoms with Gasteiger partial charge >= 0.3 is 0 Å². The third kappa shape index (κ3) is 1.93. The molecule has 1 aliphatic rings. The maximum atomic E-state index is 4.54. The second-order valence-corrected chi connectivity index (χ2v) is 5.49. The molecule has 3 nitrogen and oxygen atoms in total. The van der Waals surface area contributed by atoms with Gasteiger partial charge in [0.25, 0.3) is 0 Å². The van der Waals surface area contributed by atoms with Gasteiger partial charge in [0.05, 0.1) is 12.0 Å². The van der Waals surface area contributed by atoms with Gasteiger partial charge in [0.1, 0.15) is 0 Å². The molecular weight excluding hydrogens is 186 g/mol. The summed E-state index contributed by atoms with van der Waals surface area (Å²) in [5.74, 6) is 0.579. The number of aromatic nitrogens is 2. The number of likely N-dealkylation sites (N-methyl/N-ethyl adjacent to an activating group) is 1. The van der Waals surface area contributed by atoms with Crippen molar-refractivity contribution >= 4 is 0 Å². The molecule has 1 N–H and O–H groups in total. The lowest BCUT2D eigenvalue weighted by molar-refractivity contribution is 0.269. The van der Waals surface area contributed by atoms with Crippen LogP contribution in [0, 0.1) is 5.41 Å². The first-order valence-electron chi connectivity index (χ1n) is 5.68. The third-order valence-electron chi connectivity index (χ3n) is 3.37. The molecule has 1 unspecified atom stereocenters. The van der Waals surface area contributed by atoms with Gasteiger partial charge in [0.15, 0.2) is 0 Å². The van der Waals surface area contributed by atoms with Crippen molar-refractivity contribution in [2.24, 2.45) is 12.5 Å². The molecule has 1 atom stereocenters. The quantitative estimate of drug-likeness (QED) is 0.800. The lowest BCUT2D eigenvalue weighted by Gasteiger charge is -2.35. The number of rotatable bonds is 2. The summed E-state index contributed by atoms with van der Waals surface area (Å²) in [6, 6.07) is 0. The molecule has 0 fully saturated rings. The molecule has 2 rings (SSSR count). The van der Waals surface area contributed by atoms with E-state index < -0.39 is 0 Å². The first-order chi connectivity index (χ1) is 7.03. The van der Waals surface area contributed by atoms with Crippen molar-refractivity contribution in [1.29, 1.82) is 0 Å². The first kappa shape index (κ1) is 10.7. The molecule has 3 heteroatoms. The van der Waals surface area contributed by atoms with E-state index in [9.17, 15) is 0 Å². The molecule has 0 amide bonds. The Kier molecular flexibility index (Phi) is 2.59. The topological polar surface area (TPSA) is 29.9 Å². The van der Waals surface area contributed by atoms with Gasteiger partial charge in [-0.25, -0.2) is 4.98 Å². The first-order valence-corrected chi connectivity index (χ1v) is 5.68. The summed E-state index contributed by atoms with van der Waals surface area (Å²) in [6.45, 7) is 5.74. The molecule has 0 saturated heterocycles. The van der Waals surface area contributed by atoms with Crippen LogP contribution >= 0.6 is 0 Å². The van der Waals surface area contributed by atoms with Crippen LogP contribution in [0.3, 0.4) is 0 Å². The smallest absolute Gasteiger partial charge is 0.0949 e. The van der Waals surface area contributed by atoms with Gasteiger partial charge in [-0.3, -0.25) is 0 Å². The molecule has 0 radical (unpaired) electrons. The second-order valence-electron chi connectivity index (χ2n) is 5.49. The van der Waals surface area contributed by atoms with Crippen LogP contribution in [-0.2, 0) is 13.5 Å². The lowest BCUT2D eigenvalue weighted by atomic mass is 9.72. The Labute approximate surface area is 91.9 Å². The zero-order valence-corrected chi connectivity index (χ0v) is 10.2. The van der Waals surface area contributed by atoms with E-state index in [1.807, 2.05) is 13.4 Å². The normalized spacial score (nSPS) is 23.9. The SMILES string of the molecule is CNCC1CC(C)(C)Cc2c1ncn2C.